The first-order valence-electron chi connectivity index (χ1n) is 9.46. The molecule has 0 saturated heterocycles. The lowest BCUT2D eigenvalue weighted by Crippen LogP contribution is -2.52. The summed E-state index contributed by atoms with van der Waals surface area (Å²) in [4.78, 5) is 27.1. The normalized spacial score (nSPS) is 17.2. The molecular formula is C23H24O8. The molecule has 0 amide bonds. The third kappa shape index (κ3) is 3.94. The molecule has 0 spiro atoms. The van der Waals surface area contributed by atoms with Crippen molar-refractivity contribution >= 4 is 11.8 Å². The predicted octanol–water partition coefficient (Wildman–Crippen LogP) is 2.93. The smallest absolute Gasteiger partial charge is 0.328 e. The van der Waals surface area contributed by atoms with Crippen LogP contribution >= 0.6 is 0 Å². The minimum Gasteiger partial charge on any atom is -0.493 e. The van der Waals surface area contributed by atoms with Crippen LogP contribution in [0.15, 0.2) is 49.1 Å². The van der Waals surface area contributed by atoms with Crippen molar-refractivity contribution in [3.05, 3.63) is 60.2 Å². The van der Waals surface area contributed by atoms with Crippen molar-refractivity contribution in [2.24, 2.45) is 0 Å². The van der Waals surface area contributed by atoms with E-state index in [1.807, 2.05) is 0 Å². The summed E-state index contributed by atoms with van der Waals surface area (Å²) < 4.78 is 32.7. The van der Waals surface area contributed by atoms with Crippen LogP contribution in [0.3, 0.4) is 0 Å². The van der Waals surface area contributed by atoms with Crippen molar-refractivity contribution in [2.75, 3.05) is 41.3 Å². The average Bonchev–Trinajstić information content (AvgIpc) is 2.81. The molecule has 31 heavy (non-hydrogen) atoms. The standard InChI is InChI=1S/C23H24O8/c1-5-10-29-22(25)23(13-30-17-9-7-6-8-15(17)21(23)24)16-11-19(27-3)20(28-4)12-18(16)31-14-26-2/h5-9,11-12H,1,10,13-14H2,2-4H3. The molecule has 0 N–H and O–H groups in total. The van der Waals surface area contributed by atoms with Gasteiger partial charge in [0.2, 0.25) is 0 Å². The number of hydrogen-bond donors (Lipinski definition) is 0. The fourth-order valence-corrected chi connectivity index (χ4v) is 3.42. The second-order valence-corrected chi connectivity index (χ2v) is 6.66. The summed E-state index contributed by atoms with van der Waals surface area (Å²) in [5.41, 5.74) is -1.35. The molecule has 8 heteroatoms. The first kappa shape index (κ1) is 22.2. The predicted molar refractivity (Wildman–Crippen MR) is 111 cm³/mol. The summed E-state index contributed by atoms with van der Waals surface area (Å²) in [6, 6.07) is 9.77. The number of Topliss-reactive ketones (excluding diaryl/α,β-unsaturated/α-hetero) is 1. The molecule has 0 fully saturated rings. The zero-order valence-corrected chi connectivity index (χ0v) is 17.6. The lowest BCUT2D eigenvalue weighted by Gasteiger charge is -2.35. The summed E-state index contributed by atoms with van der Waals surface area (Å²) in [5, 5.41) is 0. The van der Waals surface area contributed by atoms with Gasteiger partial charge in [0.15, 0.2) is 29.5 Å². The number of hydrogen-bond acceptors (Lipinski definition) is 8. The highest BCUT2D eigenvalue weighted by Crippen LogP contribution is 2.46. The molecule has 3 rings (SSSR count). The summed E-state index contributed by atoms with van der Waals surface area (Å²) in [7, 11) is 4.38. The van der Waals surface area contributed by atoms with E-state index in [2.05, 4.69) is 6.58 Å². The van der Waals surface area contributed by atoms with Crippen molar-refractivity contribution in [3.8, 4) is 23.0 Å². The fraction of sp³-hybridized carbons (Fsp3) is 0.304. The molecule has 0 radical (unpaired) electrons. The zero-order chi connectivity index (χ0) is 22.4. The van der Waals surface area contributed by atoms with E-state index in [0.29, 0.717) is 17.2 Å². The molecule has 1 unspecified atom stereocenters. The van der Waals surface area contributed by atoms with Gasteiger partial charge in [-0.3, -0.25) is 9.59 Å². The summed E-state index contributed by atoms with van der Waals surface area (Å²) >= 11 is 0. The van der Waals surface area contributed by atoms with Crippen molar-refractivity contribution in [3.63, 3.8) is 0 Å². The molecule has 1 atom stereocenters. The Morgan fingerprint density at radius 3 is 2.52 bits per heavy atom. The van der Waals surface area contributed by atoms with E-state index in [4.69, 9.17) is 28.4 Å². The lowest BCUT2D eigenvalue weighted by atomic mass is 9.73. The van der Waals surface area contributed by atoms with Gasteiger partial charge in [0.1, 0.15) is 24.7 Å². The second-order valence-electron chi connectivity index (χ2n) is 6.66. The molecule has 1 aliphatic rings. The number of fused-ring (bicyclic) bond motifs is 1. The number of rotatable bonds is 9. The highest BCUT2D eigenvalue weighted by molar-refractivity contribution is 6.19. The van der Waals surface area contributed by atoms with Gasteiger partial charge in [-0.15, -0.1) is 0 Å². The SMILES string of the molecule is C=CCOC(=O)C1(c2cc(OC)c(OC)cc2OCOC)COc2ccccc2C1=O. The topological polar surface area (TPSA) is 89.5 Å². The van der Waals surface area contributed by atoms with E-state index in [1.54, 1.807) is 24.3 Å². The number of carbonyl (C=O) groups excluding carboxylic acids is 2. The Morgan fingerprint density at radius 1 is 1.13 bits per heavy atom. The first-order valence-corrected chi connectivity index (χ1v) is 9.46. The molecule has 1 heterocycles. The van der Waals surface area contributed by atoms with Crippen LogP contribution < -0.4 is 18.9 Å². The van der Waals surface area contributed by atoms with Crippen LogP contribution in [0.25, 0.3) is 0 Å². The largest absolute Gasteiger partial charge is 0.493 e. The van der Waals surface area contributed by atoms with Crippen LogP contribution in [0, 0.1) is 0 Å². The number of ketones is 1. The van der Waals surface area contributed by atoms with E-state index in [1.165, 1.54) is 39.5 Å². The summed E-state index contributed by atoms with van der Waals surface area (Å²) in [5.74, 6) is -0.00786. The molecule has 2 aromatic rings. The second kappa shape index (κ2) is 9.53. The third-order valence-corrected chi connectivity index (χ3v) is 4.92. The number of benzene rings is 2. The molecule has 1 aliphatic heterocycles. The van der Waals surface area contributed by atoms with E-state index in [0.717, 1.165) is 0 Å². The molecule has 0 aromatic heterocycles. The minimum atomic E-state index is -1.83. The van der Waals surface area contributed by atoms with E-state index in [9.17, 15) is 9.59 Å². The van der Waals surface area contributed by atoms with Gasteiger partial charge in [-0.25, -0.2) is 0 Å². The maximum atomic E-state index is 13.8. The van der Waals surface area contributed by atoms with E-state index < -0.39 is 17.2 Å². The maximum absolute atomic E-state index is 13.8. The van der Waals surface area contributed by atoms with Gasteiger partial charge >= 0.3 is 5.97 Å². The Balaban J connectivity index is 2.26. The average molecular weight is 428 g/mol. The van der Waals surface area contributed by atoms with Crippen LogP contribution in [-0.4, -0.2) is 53.1 Å². The zero-order valence-electron chi connectivity index (χ0n) is 17.6. The Hall–Kier alpha value is -3.52. The van der Waals surface area contributed by atoms with Crippen molar-refractivity contribution in [2.45, 2.75) is 5.41 Å². The van der Waals surface area contributed by atoms with Crippen LogP contribution in [0.1, 0.15) is 15.9 Å². The van der Waals surface area contributed by atoms with E-state index in [-0.39, 0.29) is 36.9 Å². The third-order valence-electron chi connectivity index (χ3n) is 4.92. The Morgan fingerprint density at radius 2 is 1.84 bits per heavy atom. The first-order chi connectivity index (χ1) is 15.0. The molecule has 8 nitrogen and oxygen atoms in total. The van der Waals surface area contributed by atoms with Crippen LogP contribution in [0.2, 0.25) is 0 Å². The number of carbonyl (C=O) groups is 2. The van der Waals surface area contributed by atoms with Gasteiger partial charge in [-0.05, 0) is 18.2 Å². The van der Waals surface area contributed by atoms with Crippen LogP contribution in [0.4, 0.5) is 0 Å². The Labute approximate surface area is 180 Å². The van der Waals surface area contributed by atoms with Gasteiger partial charge in [0.05, 0.1) is 19.8 Å². The van der Waals surface area contributed by atoms with Crippen LogP contribution in [0.5, 0.6) is 23.0 Å². The van der Waals surface area contributed by atoms with Gasteiger partial charge in [-0.2, -0.15) is 0 Å². The molecule has 2 aromatic carbocycles. The molecule has 0 saturated carbocycles. The molecular weight excluding hydrogens is 404 g/mol. The number of para-hydroxylation sites is 1. The van der Waals surface area contributed by atoms with E-state index >= 15 is 0 Å². The Kier molecular flexibility index (Phi) is 6.81. The Bertz CT molecular complexity index is 984. The van der Waals surface area contributed by atoms with Crippen molar-refractivity contribution in [1.29, 1.82) is 0 Å². The van der Waals surface area contributed by atoms with Gasteiger partial charge < -0.3 is 28.4 Å². The summed E-state index contributed by atoms with van der Waals surface area (Å²) in [6.45, 7) is 3.09. The highest BCUT2D eigenvalue weighted by Gasteiger charge is 2.55. The number of esters is 1. The molecule has 164 valence electrons. The van der Waals surface area contributed by atoms with Gasteiger partial charge in [0.25, 0.3) is 0 Å². The molecule has 0 bridgehead atoms. The monoisotopic (exact) mass is 428 g/mol. The minimum absolute atomic E-state index is 0.0724. The van der Waals surface area contributed by atoms with Gasteiger partial charge in [-0.1, -0.05) is 24.8 Å². The summed E-state index contributed by atoms with van der Waals surface area (Å²) in [6.07, 6.45) is 1.42. The van der Waals surface area contributed by atoms with Gasteiger partial charge in [0, 0.05) is 18.7 Å². The number of ether oxygens (including phenoxy) is 6. The quantitative estimate of drug-likeness (QED) is 0.261. The number of methoxy groups -OCH3 is 3. The molecule has 0 aliphatic carbocycles. The highest BCUT2D eigenvalue weighted by atomic mass is 16.7. The maximum Gasteiger partial charge on any atom is 0.328 e. The lowest BCUT2D eigenvalue weighted by molar-refractivity contribution is -0.148. The van der Waals surface area contributed by atoms with Crippen molar-refractivity contribution in [1.82, 2.24) is 0 Å². The van der Waals surface area contributed by atoms with Crippen molar-refractivity contribution < 1.29 is 38.0 Å². The fourth-order valence-electron chi connectivity index (χ4n) is 3.42. The van der Waals surface area contributed by atoms with Crippen LogP contribution in [-0.2, 0) is 19.7 Å².